The Bertz CT molecular complexity index is 1530. The van der Waals surface area contributed by atoms with Crippen molar-refractivity contribution in [1.29, 1.82) is 0 Å². The van der Waals surface area contributed by atoms with Gasteiger partial charge in [0.1, 0.15) is 16.8 Å². The fraction of sp³-hybridized carbons (Fsp3) is 0.531. The third-order valence-electron chi connectivity index (χ3n) is 8.61. The van der Waals surface area contributed by atoms with E-state index in [9.17, 15) is 14.7 Å². The van der Waals surface area contributed by atoms with Crippen molar-refractivity contribution in [3.8, 4) is 16.9 Å². The minimum atomic E-state index is -0.524. The van der Waals surface area contributed by atoms with Crippen molar-refractivity contribution in [1.82, 2.24) is 9.38 Å². The molecule has 8 heteroatoms. The van der Waals surface area contributed by atoms with Crippen LogP contribution in [0, 0.1) is 41.4 Å². The van der Waals surface area contributed by atoms with Crippen LogP contribution in [0.4, 0.5) is 5.82 Å². The van der Waals surface area contributed by atoms with Gasteiger partial charge in [-0.05, 0) is 73.0 Å². The van der Waals surface area contributed by atoms with E-state index in [0.717, 1.165) is 18.4 Å². The van der Waals surface area contributed by atoms with Crippen LogP contribution in [0.15, 0.2) is 29.1 Å². The Morgan fingerprint density at radius 3 is 2.08 bits per heavy atom. The molecule has 40 heavy (non-hydrogen) atoms. The largest absolute Gasteiger partial charge is 0.512 e. The van der Waals surface area contributed by atoms with E-state index in [-0.39, 0.29) is 62.7 Å². The first-order valence-electron chi connectivity index (χ1n) is 14.0. The summed E-state index contributed by atoms with van der Waals surface area (Å²) in [5, 5.41) is 10.7. The first-order chi connectivity index (χ1) is 18.4. The van der Waals surface area contributed by atoms with Gasteiger partial charge in [0.05, 0.1) is 5.92 Å². The second kappa shape index (κ2) is 10.4. The summed E-state index contributed by atoms with van der Waals surface area (Å²) in [7, 11) is 0. The number of anilines is 1. The Morgan fingerprint density at radius 2 is 1.60 bits per heavy atom. The number of carbonyl (C=O) groups excluding carboxylic acids is 1. The molecule has 1 fully saturated rings. The second-order valence-electron chi connectivity index (χ2n) is 13.7. The smallest absolute Gasteiger partial charge is 0.315 e. The van der Waals surface area contributed by atoms with E-state index in [0.29, 0.717) is 22.2 Å². The highest BCUT2D eigenvalue weighted by Gasteiger charge is 2.50. The molecule has 3 aromatic rings. The number of hydrogen-bond acceptors (Lipinski definition) is 6. The van der Waals surface area contributed by atoms with Crippen LogP contribution in [0.5, 0.6) is 5.75 Å². The van der Waals surface area contributed by atoms with Crippen LogP contribution in [0.3, 0.4) is 0 Å². The summed E-state index contributed by atoms with van der Waals surface area (Å²) in [4.78, 5) is 32.4. The Morgan fingerprint density at radius 1 is 1.07 bits per heavy atom. The summed E-state index contributed by atoms with van der Waals surface area (Å²) in [6, 6.07) is 7.12. The van der Waals surface area contributed by atoms with Crippen LogP contribution < -0.4 is 21.2 Å². The molecule has 4 rings (SSSR count). The average molecular weight is 568 g/mol. The van der Waals surface area contributed by atoms with E-state index >= 15 is 0 Å². The van der Waals surface area contributed by atoms with E-state index in [4.69, 9.17) is 22.1 Å². The predicted octanol–water partition coefficient (Wildman–Crippen LogP) is 6.59. The van der Waals surface area contributed by atoms with E-state index in [1.807, 2.05) is 12.1 Å². The fourth-order valence-electron chi connectivity index (χ4n) is 6.60. The van der Waals surface area contributed by atoms with E-state index in [1.54, 1.807) is 19.1 Å². The van der Waals surface area contributed by atoms with Crippen LogP contribution in [0.1, 0.15) is 73.9 Å². The predicted molar refractivity (Wildman–Crippen MR) is 161 cm³/mol. The van der Waals surface area contributed by atoms with Gasteiger partial charge in [0.25, 0.3) is 5.56 Å². The number of aryl methyl sites for hydroxylation is 1. The molecule has 0 radical (unpaired) electrons. The second-order valence-corrected chi connectivity index (χ2v) is 14.1. The SMILES string of the molecule is C/C(O)=c1\c(N)nc2c(OC(=O)C3C(C(C)(C)C)CC(C)CC3C(C)(C)C)c(-c3ccc(Cl)cc3)c(C)n2c1=O. The van der Waals surface area contributed by atoms with Crippen molar-refractivity contribution in [3.05, 3.63) is 50.6 Å². The number of aromatic nitrogens is 2. The van der Waals surface area contributed by atoms with Crippen molar-refractivity contribution < 1.29 is 14.6 Å². The molecule has 0 bridgehead atoms. The maximum absolute atomic E-state index is 14.4. The third kappa shape index (κ3) is 5.32. The first-order valence-corrected chi connectivity index (χ1v) is 14.3. The van der Waals surface area contributed by atoms with Gasteiger partial charge in [-0.25, -0.2) is 4.98 Å². The molecule has 1 aliphatic rings. The lowest BCUT2D eigenvalue weighted by molar-refractivity contribution is -0.152. The number of halogens is 1. The molecule has 0 saturated heterocycles. The van der Waals surface area contributed by atoms with Crippen LogP contribution in [-0.2, 0) is 4.79 Å². The topological polar surface area (TPSA) is 107 Å². The zero-order valence-corrected chi connectivity index (χ0v) is 25.8. The zero-order chi connectivity index (χ0) is 29.9. The number of aliphatic hydroxyl groups excluding tert-OH is 1. The van der Waals surface area contributed by atoms with Gasteiger partial charge in [0, 0.05) is 16.3 Å². The van der Waals surface area contributed by atoms with E-state index in [1.165, 1.54) is 11.3 Å². The lowest BCUT2D eigenvalue weighted by Gasteiger charge is -2.49. The van der Waals surface area contributed by atoms with Crippen molar-refractivity contribution in [2.45, 2.75) is 75.2 Å². The number of hydrogen-bond donors (Lipinski definition) is 2. The number of ether oxygens (including phenoxy) is 1. The number of nitrogen functional groups attached to an aromatic ring is 1. The number of nitrogens with zero attached hydrogens (tertiary/aromatic N) is 2. The Hall–Kier alpha value is -3.06. The van der Waals surface area contributed by atoms with Gasteiger partial charge in [0.2, 0.25) is 0 Å². The molecule has 2 aromatic heterocycles. The van der Waals surface area contributed by atoms with E-state index < -0.39 is 5.56 Å². The fourth-order valence-corrected chi connectivity index (χ4v) is 6.73. The van der Waals surface area contributed by atoms with Gasteiger partial charge >= 0.3 is 5.97 Å². The summed E-state index contributed by atoms with van der Waals surface area (Å²) in [5.74, 6) is -0.135. The molecule has 2 heterocycles. The molecule has 0 spiro atoms. The number of esters is 1. The number of fused-ring (bicyclic) bond motifs is 1. The van der Waals surface area contributed by atoms with Gasteiger partial charge < -0.3 is 15.6 Å². The highest BCUT2D eigenvalue weighted by atomic mass is 35.5. The molecule has 216 valence electrons. The lowest BCUT2D eigenvalue weighted by Crippen LogP contribution is -2.48. The number of carbonyl (C=O) groups is 1. The molecule has 0 amide bonds. The first kappa shape index (κ1) is 29.9. The van der Waals surface area contributed by atoms with Crippen molar-refractivity contribution in [3.63, 3.8) is 0 Å². The summed E-state index contributed by atoms with van der Waals surface area (Å²) >= 11 is 6.17. The minimum Gasteiger partial charge on any atom is -0.512 e. The van der Waals surface area contributed by atoms with E-state index in [2.05, 4.69) is 53.5 Å². The maximum Gasteiger partial charge on any atom is 0.315 e. The highest BCUT2D eigenvalue weighted by molar-refractivity contribution is 6.30. The highest BCUT2D eigenvalue weighted by Crippen LogP contribution is 2.52. The lowest BCUT2D eigenvalue weighted by atomic mass is 9.55. The minimum absolute atomic E-state index is 0.0759. The quantitative estimate of drug-likeness (QED) is 0.346. The molecular formula is C32H42ClN3O4. The normalized spacial score (nSPS) is 22.9. The van der Waals surface area contributed by atoms with Gasteiger partial charge in [-0.3, -0.25) is 14.0 Å². The summed E-state index contributed by atoms with van der Waals surface area (Å²) in [5.41, 5.74) is 7.35. The van der Waals surface area contributed by atoms with Crippen LogP contribution in [0.25, 0.3) is 22.5 Å². The van der Waals surface area contributed by atoms with Crippen LogP contribution in [-0.4, -0.2) is 20.5 Å². The monoisotopic (exact) mass is 567 g/mol. The van der Waals surface area contributed by atoms with Crippen molar-refractivity contribution >= 4 is 34.8 Å². The third-order valence-corrected chi connectivity index (χ3v) is 8.86. The number of benzene rings is 1. The Kier molecular flexibility index (Phi) is 7.78. The molecular weight excluding hydrogens is 526 g/mol. The Balaban J connectivity index is 1.98. The molecule has 2 atom stereocenters. The van der Waals surface area contributed by atoms with Crippen molar-refractivity contribution in [2.24, 2.45) is 34.5 Å². The molecule has 0 aliphatic heterocycles. The summed E-state index contributed by atoms with van der Waals surface area (Å²) in [6.07, 6.45) is 1.86. The summed E-state index contributed by atoms with van der Waals surface area (Å²) < 4.78 is 7.75. The summed E-state index contributed by atoms with van der Waals surface area (Å²) in [6.45, 7) is 18.6. The molecule has 2 unspecified atom stereocenters. The van der Waals surface area contributed by atoms with Gasteiger partial charge in [0.15, 0.2) is 11.4 Å². The Labute approximate surface area is 241 Å². The number of aliphatic hydroxyl groups is 1. The molecule has 7 nitrogen and oxygen atoms in total. The number of rotatable bonds is 3. The molecule has 1 saturated carbocycles. The van der Waals surface area contributed by atoms with Crippen molar-refractivity contribution in [2.75, 3.05) is 5.73 Å². The van der Waals surface area contributed by atoms with Gasteiger partial charge in [-0.1, -0.05) is 72.2 Å². The number of nitrogens with two attached hydrogens (primary N) is 1. The molecule has 1 aliphatic carbocycles. The van der Waals surface area contributed by atoms with Gasteiger partial charge in [-0.15, -0.1) is 0 Å². The molecule has 3 N–H and O–H groups in total. The van der Waals surface area contributed by atoms with Gasteiger partial charge in [-0.2, -0.15) is 0 Å². The van der Waals surface area contributed by atoms with Crippen LogP contribution in [0.2, 0.25) is 5.02 Å². The molecule has 1 aromatic carbocycles. The average Bonchev–Trinajstić information content (AvgIpc) is 3.08. The van der Waals surface area contributed by atoms with Crippen LogP contribution >= 0.6 is 11.6 Å². The maximum atomic E-state index is 14.4. The standard InChI is InChI=1S/C32H42ClN3O4/c1-16-14-21(31(4,5)6)25(22(15-16)32(7,8)9)30(39)40-26-23(19-10-12-20(33)13-11-19)17(2)36-28(26)35-27(34)24(18(3)37)29(36)38/h10-13,16,21-22,25,37H,14-15H2,1-9H3,(H2,34,35)/b24-18-. The zero-order valence-electron chi connectivity index (χ0n) is 25.1.